The van der Waals surface area contributed by atoms with Gasteiger partial charge in [0, 0.05) is 12.6 Å². The predicted molar refractivity (Wildman–Crippen MR) is 61.4 cm³/mol. The molecule has 2 N–H and O–H groups in total. The van der Waals surface area contributed by atoms with Gasteiger partial charge in [0.15, 0.2) is 5.11 Å². The Balaban J connectivity index is 2.73. The second kappa shape index (κ2) is 4.46. The zero-order valence-corrected chi connectivity index (χ0v) is 9.79. The lowest BCUT2D eigenvalue weighted by molar-refractivity contribution is 0.497. The van der Waals surface area contributed by atoms with Crippen LogP contribution in [0.5, 0.6) is 0 Å². The molecule has 0 amide bonds. The fourth-order valence-electron chi connectivity index (χ4n) is 1.43. The normalized spacial score (nSPS) is 12.3. The fourth-order valence-corrected chi connectivity index (χ4v) is 1.60. The molecule has 4 heteroatoms. The highest BCUT2D eigenvalue weighted by molar-refractivity contribution is 7.80. The van der Waals surface area contributed by atoms with Crippen molar-refractivity contribution < 1.29 is 4.42 Å². The predicted octanol–water partition coefficient (Wildman–Crippen LogP) is 2.05. The number of rotatable bonds is 2. The summed E-state index contributed by atoms with van der Waals surface area (Å²) < 4.78 is 5.45. The Kier molecular flexibility index (Phi) is 3.52. The van der Waals surface area contributed by atoms with Crippen LogP contribution in [-0.4, -0.2) is 12.2 Å². The number of hydrogen-bond acceptors (Lipinski definition) is 2. The third-order valence-corrected chi connectivity index (χ3v) is 2.44. The minimum atomic E-state index is 0.174. The van der Waals surface area contributed by atoms with Crippen LogP contribution in [0.25, 0.3) is 0 Å². The Labute approximate surface area is 89.9 Å². The second-order valence-electron chi connectivity index (χ2n) is 3.31. The molecule has 0 aliphatic carbocycles. The lowest BCUT2D eigenvalue weighted by atomic mass is 10.1. The van der Waals surface area contributed by atoms with E-state index >= 15 is 0 Å². The molecule has 1 aromatic rings. The number of nitrogens with one attached hydrogen (secondary N) is 2. The number of hydrogen-bond donors (Lipinski definition) is 2. The fraction of sp³-hybridized carbons (Fsp3) is 0.500. The Hall–Kier alpha value is -1.03. The van der Waals surface area contributed by atoms with Gasteiger partial charge in [0.2, 0.25) is 0 Å². The maximum absolute atomic E-state index is 5.45. The summed E-state index contributed by atoms with van der Waals surface area (Å²) in [5.74, 6) is 1.88. The minimum Gasteiger partial charge on any atom is -0.466 e. The minimum absolute atomic E-state index is 0.174. The van der Waals surface area contributed by atoms with Crippen molar-refractivity contribution in [3.63, 3.8) is 0 Å². The summed E-state index contributed by atoms with van der Waals surface area (Å²) in [6.45, 7) is 5.96. The van der Waals surface area contributed by atoms with E-state index in [2.05, 4.69) is 17.6 Å². The molecule has 1 atom stereocenters. The highest BCUT2D eigenvalue weighted by atomic mass is 32.1. The van der Waals surface area contributed by atoms with E-state index in [-0.39, 0.29) is 6.04 Å². The van der Waals surface area contributed by atoms with E-state index in [4.69, 9.17) is 16.6 Å². The van der Waals surface area contributed by atoms with Gasteiger partial charge in [-0.2, -0.15) is 0 Å². The lowest BCUT2D eigenvalue weighted by Crippen LogP contribution is -2.34. The zero-order valence-electron chi connectivity index (χ0n) is 8.97. The molecule has 0 saturated carbocycles. The van der Waals surface area contributed by atoms with Gasteiger partial charge in [0.25, 0.3) is 0 Å². The molecule has 0 aromatic carbocycles. The summed E-state index contributed by atoms with van der Waals surface area (Å²) in [5, 5.41) is 6.69. The van der Waals surface area contributed by atoms with Gasteiger partial charge in [0.1, 0.15) is 11.5 Å². The van der Waals surface area contributed by atoms with E-state index in [1.54, 1.807) is 7.05 Å². The van der Waals surface area contributed by atoms with Gasteiger partial charge in [-0.05, 0) is 39.1 Å². The summed E-state index contributed by atoms with van der Waals surface area (Å²) in [4.78, 5) is 0. The molecule has 0 saturated heterocycles. The van der Waals surface area contributed by atoms with Crippen LogP contribution < -0.4 is 10.6 Å². The van der Waals surface area contributed by atoms with Crippen molar-refractivity contribution in [2.75, 3.05) is 7.05 Å². The van der Waals surface area contributed by atoms with Crippen molar-refractivity contribution in [2.24, 2.45) is 0 Å². The second-order valence-corrected chi connectivity index (χ2v) is 3.72. The van der Waals surface area contributed by atoms with E-state index in [0.717, 1.165) is 17.1 Å². The van der Waals surface area contributed by atoms with Crippen LogP contribution >= 0.6 is 12.2 Å². The van der Waals surface area contributed by atoms with E-state index in [9.17, 15) is 0 Å². The van der Waals surface area contributed by atoms with Gasteiger partial charge in [-0.25, -0.2) is 0 Å². The van der Waals surface area contributed by atoms with Crippen molar-refractivity contribution >= 4 is 17.3 Å². The molecular weight excluding hydrogens is 196 g/mol. The first-order chi connectivity index (χ1) is 6.54. The molecule has 1 aromatic heterocycles. The Morgan fingerprint density at radius 3 is 2.57 bits per heavy atom. The van der Waals surface area contributed by atoms with Crippen molar-refractivity contribution in [3.8, 4) is 0 Å². The number of furan rings is 1. The zero-order chi connectivity index (χ0) is 10.7. The van der Waals surface area contributed by atoms with E-state index in [1.165, 1.54) is 0 Å². The molecule has 0 aliphatic rings. The first kappa shape index (κ1) is 11.0. The van der Waals surface area contributed by atoms with Crippen LogP contribution in [0.1, 0.15) is 30.0 Å². The van der Waals surface area contributed by atoms with Crippen LogP contribution in [0.3, 0.4) is 0 Å². The first-order valence-electron chi connectivity index (χ1n) is 4.59. The van der Waals surface area contributed by atoms with Crippen LogP contribution in [0.2, 0.25) is 0 Å². The topological polar surface area (TPSA) is 37.2 Å². The molecule has 0 bridgehead atoms. The molecular formula is C10H16N2OS. The third kappa shape index (κ3) is 2.48. The van der Waals surface area contributed by atoms with Gasteiger partial charge in [-0.1, -0.05) is 0 Å². The molecule has 0 radical (unpaired) electrons. The van der Waals surface area contributed by atoms with Crippen molar-refractivity contribution in [1.29, 1.82) is 0 Å². The largest absolute Gasteiger partial charge is 0.466 e. The van der Waals surface area contributed by atoms with Crippen molar-refractivity contribution in [3.05, 3.63) is 23.2 Å². The first-order valence-corrected chi connectivity index (χ1v) is 5.00. The van der Waals surface area contributed by atoms with E-state index in [1.807, 2.05) is 19.9 Å². The molecule has 3 nitrogen and oxygen atoms in total. The van der Waals surface area contributed by atoms with Crippen LogP contribution in [0.15, 0.2) is 10.5 Å². The lowest BCUT2D eigenvalue weighted by Gasteiger charge is -2.14. The molecule has 78 valence electrons. The molecule has 14 heavy (non-hydrogen) atoms. The van der Waals surface area contributed by atoms with Gasteiger partial charge in [0.05, 0.1) is 6.04 Å². The summed E-state index contributed by atoms with van der Waals surface area (Å²) >= 11 is 5.03. The molecule has 1 rings (SSSR count). The monoisotopic (exact) mass is 212 g/mol. The maximum Gasteiger partial charge on any atom is 0.166 e. The summed E-state index contributed by atoms with van der Waals surface area (Å²) in [5.41, 5.74) is 1.15. The van der Waals surface area contributed by atoms with E-state index in [0.29, 0.717) is 5.11 Å². The average molecular weight is 212 g/mol. The highest BCUT2D eigenvalue weighted by Gasteiger charge is 2.12. The van der Waals surface area contributed by atoms with Gasteiger partial charge in [-0.15, -0.1) is 0 Å². The van der Waals surface area contributed by atoms with Crippen molar-refractivity contribution in [1.82, 2.24) is 10.6 Å². The summed E-state index contributed by atoms with van der Waals surface area (Å²) in [7, 11) is 1.80. The molecule has 1 unspecified atom stereocenters. The quantitative estimate of drug-likeness (QED) is 0.736. The third-order valence-electron chi connectivity index (χ3n) is 2.12. The number of aryl methyl sites for hydroxylation is 2. The van der Waals surface area contributed by atoms with Gasteiger partial charge >= 0.3 is 0 Å². The molecule has 0 spiro atoms. The van der Waals surface area contributed by atoms with Gasteiger partial charge < -0.3 is 15.1 Å². The van der Waals surface area contributed by atoms with Crippen LogP contribution in [0, 0.1) is 13.8 Å². The highest BCUT2D eigenvalue weighted by Crippen LogP contribution is 2.20. The molecule has 0 fully saturated rings. The standard InChI is InChI=1S/C10H16N2OS/c1-6-5-9(8(3)13-6)7(2)12-10(14)11-4/h5,7H,1-4H3,(H2,11,12,14). The van der Waals surface area contributed by atoms with E-state index < -0.39 is 0 Å². The SMILES string of the molecule is CNC(=S)NC(C)c1cc(C)oc1C. The number of thiocarbonyl (C=S) groups is 1. The van der Waals surface area contributed by atoms with Crippen LogP contribution in [0.4, 0.5) is 0 Å². The summed E-state index contributed by atoms with van der Waals surface area (Å²) in [6.07, 6.45) is 0. The smallest absolute Gasteiger partial charge is 0.166 e. The summed E-state index contributed by atoms with van der Waals surface area (Å²) in [6, 6.07) is 2.21. The average Bonchev–Trinajstić information content (AvgIpc) is 2.45. The van der Waals surface area contributed by atoms with Crippen molar-refractivity contribution in [2.45, 2.75) is 26.8 Å². The van der Waals surface area contributed by atoms with Crippen LogP contribution in [-0.2, 0) is 0 Å². The molecule has 1 heterocycles. The Bertz CT molecular complexity index is 333. The Morgan fingerprint density at radius 1 is 1.50 bits per heavy atom. The maximum atomic E-state index is 5.45. The molecule has 0 aliphatic heterocycles. The van der Waals surface area contributed by atoms with Gasteiger partial charge in [-0.3, -0.25) is 0 Å². The Morgan fingerprint density at radius 2 is 2.14 bits per heavy atom.